The van der Waals surface area contributed by atoms with Gasteiger partial charge in [0, 0.05) is 18.3 Å². The highest BCUT2D eigenvalue weighted by molar-refractivity contribution is 5.78. The van der Waals surface area contributed by atoms with Gasteiger partial charge in [-0.05, 0) is 37.3 Å². The number of hydrogen-bond acceptors (Lipinski definition) is 5. The number of allylic oxidation sites excluding steroid dienone is 2. The standard InChI is InChI=1S/C15H17N3O4/c19-15(17-16-10-12-4-2-1-3-5-12)11-22-14-8-6-13(7-9-14)18(20)21/h1-2,6-10,12H,3-5,11H2,(H,17,19). The number of benzene rings is 1. The zero-order chi connectivity index (χ0) is 15.8. The van der Waals surface area contributed by atoms with E-state index in [4.69, 9.17) is 4.74 Å². The summed E-state index contributed by atoms with van der Waals surface area (Å²) in [4.78, 5) is 21.6. The van der Waals surface area contributed by atoms with E-state index in [2.05, 4.69) is 22.7 Å². The number of rotatable bonds is 6. The van der Waals surface area contributed by atoms with Crippen LogP contribution in [0.4, 0.5) is 5.69 Å². The molecule has 1 amide bonds. The molecule has 7 nitrogen and oxygen atoms in total. The topological polar surface area (TPSA) is 93.8 Å². The second kappa shape index (κ2) is 7.92. The van der Waals surface area contributed by atoms with Crippen LogP contribution in [0, 0.1) is 16.0 Å². The highest BCUT2D eigenvalue weighted by Gasteiger charge is 2.08. The van der Waals surface area contributed by atoms with Gasteiger partial charge in [-0.2, -0.15) is 5.10 Å². The van der Waals surface area contributed by atoms with Gasteiger partial charge >= 0.3 is 0 Å². The van der Waals surface area contributed by atoms with Gasteiger partial charge in [0.2, 0.25) is 0 Å². The summed E-state index contributed by atoms with van der Waals surface area (Å²) in [5.74, 6) is 0.379. The third-order valence-corrected chi connectivity index (χ3v) is 3.20. The molecule has 0 aliphatic heterocycles. The lowest BCUT2D eigenvalue weighted by Gasteiger charge is -2.11. The Labute approximate surface area is 127 Å². The lowest BCUT2D eigenvalue weighted by molar-refractivity contribution is -0.384. The summed E-state index contributed by atoms with van der Waals surface area (Å²) in [6.45, 7) is -0.195. The van der Waals surface area contributed by atoms with Gasteiger partial charge < -0.3 is 4.74 Å². The SMILES string of the molecule is O=C(COc1ccc([N+](=O)[O-])cc1)NN=CC1CC=CCC1. The van der Waals surface area contributed by atoms with Crippen molar-refractivity contribution in [2.45, 2.75) is 19.3 Å². The van der Waals surface area contributed by atoms with E-state index in [0.29, 0.717) is 11.7 Å². The van der Waals surface area contributed by atoms with E-state index in [0.717, 1.165) is 19.3 Å². The summed E-state index contributed by atoms with van der Waals surface area (Å²) in [6, 6.07) is 5.54. The predicted molar refractivity (Wildman–Crippen MR) is 81.7 cm³/mol. The minimum atomic E-state index is -0.494. The van der Waals surface area contributed by atoms with E-state index in [-0.39, 0.29) is 18.2 Å². The number of nitro groups is 1. The number of nitrogens with one attached hydrogen (secondary N) is 1. The van der Waals surface area contributed by atoms with Crippen LogP contribution in [0.3, 0.4) is 0 Å². The molecule has 1 aliphatic rings. The molecule has 0 saturated carbocycles. The molecule has 1 aromatic carbocycles. The summed E-state index contributed by atoms with van der Waals surface area (Å²) in [5.41, 5.74) is 2.38. The number of non-ortho nitro benzene ring substituents is 1. The maximum absolute atomic E-state index is 11.6. The van der Waals surface area contributed by atoms with Crippen molar-refractivity contribution in [1.82, 2.24) is 5.43 Å². The number of amides is 1. The number of ether oxygens (including phenoxy) is 1. The molecule has 0 fully saturated rings. The van der Waals surface area contributed by atoms with Gasteiger partial charge in [-0.15, -0.1) is 0 Å². The number of hydrogen-bond donors (Lipinski definition) is 1. The van der Waals surface area contributed by atoms with Crippen LogP contribution in [-0.2, 0) is 4.79 Å². The van der Waals surface area contributed by atoms with Crippen LogP contribution >= 0.6 is 0 Å². The molecule has 1 aromatic rings. The zero-order valence-corrected chi connectivity index (χ0v) is 12.0. The number of hydrazone groups is 1. The summed E-state index contributed by atoms with van der Waals surface area (Å²) in [6.07, 6.45) is 9.01. The van der Waals surface area contributed by atoms with E-state index in [1.54, 1.807) is 6.21 Å². The second-order valence-electron chi connectivity index (χ2n) is 4.90. The van der Waals surface area contributed by atoms with Gasteiger partial charge in [0.25, 0.3) is 11.6 Å². The van der Waals surface area contributed by atoms with E-state index < -0.39 is 4.92 Å². The second-order valence-corrected chi connectivity index (χ2v) is 4.90. The Hall–Kier alpha value is -2.70. The van der Waals surface area contributed by atoms with Crippen molar-refractivity contribution in [3.8, 4) is 5.75 Å². The summed E-state index contributed by atoms with van der Waals surface area (Å²) in [7, 11) is 0. The summed E-state index contributed by atoms with van der Waals surface area (Å²) >= 11 is 0. The molecule has 22 heavy (non-hydrogen) atoms. The van der Waals surface area contributed by atoms with Crippen LogP contribution in [0.1, 0.15) is 19.3 Å². The quantitative estimate of drug-likeness (QED) is 0.378. The fraction of sp³-hybridized carbons (Fsp3) is 0.333. The first-order valence-electron chi connectivity index (χ1n) is 6.99. The highest BCUT2D eigenvalue weighted by atomic mass is 16.6. The minimum Gasteiger partial charge on any atom is -0.484 e. The van der Waals surface area contributed by atoms with Crippen LogP contribution in [-0.4, -0.2) is 23.7 Å². The van der Waals surface area contributed by atoms with Crippen molar-refractivity contribution >= 4 is 17.8 Å². The number of nitrogens with zero attached hydrogens (tertiary/aromatic N) is 2. The molecule has 0 radical (unpaired) electrons. The summed E-state index contributed by atoms with van der Waals surface area (Å²) in [5, 5.41) is 14.4. The fourth-order valence-electron chi connectivity index (χ4n) is 2.01. The first kappa shape index (κ1) is 15.7. The van der Waals surface area contributed by atoms with Gasteiger partial charge in [-0.25, -0.2) is 5.43 Å². The van der Waals surface area contributed by atoms with Crippen LogP contribution < -0.4 is 10.2 Å². The maximum atomic E-state index is 11.6. The first-order chi connectivity index (χ1) is 10.6. The molecule has 1 aliphatic carbocycles. The van der Waals surface area contributed by atoms with Crippen LogP contribution in [0.25, 0.3) is 0 Å². The molecule has 0 spiro atoms. The Morgan fingerprint density at radius 3 is 2.82 bits per heavy atom. The van der Waals surface area contributed by atoms with Crippen LogP contribution in [0.2, 0.25) is 0 Å². The summed E-state index contributed by atoms with van der Waals surface area (Å²) < 4.78 is 5.23. The molecule has 1 unspecified atom stereocenters. The average Bonchev–Trinajstić information content (AvgIpc) is 2.54. The van der Waals surface area contributed by atoms with Gasteiger partial charge in [-0.3, -0.25) is 14.9 Å². The van der Waals surface area contributed by atoms with Crippen molar-refractivity contribution in [2.75, 3.05) is 6.61 Å². The fourth-order valence-corrected chi connectivity index (χ4v) is 2.01. The van der Waals surface area contributed by atoms with E-state index >= 15 is 0 Å². The first-order valence-corrected chi connectivity index (χ1v) is 6.99. The van der Waals surface area contributed by atoms with E-state index in [1.165, 1.54) is 24.3 Å². The van der Waals surface area contributed by atoms with Gasteiger partial charge in [0.15, 0.2) is 6.61 Å². The molecule has 1 N–H and O–H groups in total. The van der Waals surface area contributed by atoms with Crippen molar-refractivity contribution in [2.24, 2.45) is 11.0 Å². The van der Waals surface area contributed by atoms with Gasteiger partial charge in [0.1, 0.15) is 5.75 Å². The van der Waals surface area contributed by atoms with E-state index in [1.807, 2.05) is 0 Å². The predicted octanol–water partition coefficient (Wildman–Crippen LogP) is 2.43. The molecular weight excluding hydrogens is 286 g/mol. The Balaban J connectivity index is 1.71. The maximum Gasteiger partial charge on any atom is 0.277 e. The molecule has 116 valence electrons. The van der Waals surface area contributed by atoms with Crippen molar-refractivity contribution < 1.29 is 14.5 Å². The third-order valence-electron chi connectivity index (χ3n) is 3.20. The Morgan fingerprint density at radius 1 is 1.41 bits per heavy atom. The highest BCUT2D eigenvalue weighted by Crippen LogP contribution is 2.17. The smallest absolute Gasteiger partial charge is 0.277 e. The number of nitro benzene ring substituents is 1. The molecule has 1 atom stereocenters. The lowest BCUT2D eigenvalue weighted by Crippen LogP contribution is -2.25. The number of carbonyl (C=O) groups excluding carboxylic acids is 1. The van der Waals surface area contributed by atoms with E-state index in [9.17, 15) is 14.9 Å². The lowest BCUT2D eigenvalue weighted by atomic mass is 9.96. The van der Waals surface area contributed by atoms with Crippen molar-refractivity contribution in [3.05, 3.63) is 46.5 Å². The van der Waals surface area contributed by atoms with Crippen molar-refractivity contribution in [1.29, 1.82) is 0 Å². The normalized spacial score (nSPS) is 17.4. The molecule has 0 aromatic heterocycles. The monoisotopic (exact) mass is 303 g/mol. The van der Waals surface area contributed by atoms with Crippen molar-refractivity contribution in [3.63, 3.8) is 0 Å². The minimum absolute atomic E-state index is 0.0251. The Bertz CT molecular complexity index is 581. The van der Waals surface area contributed by atoms with Crippen LogP contribution in [0.15, 0.2) is 41.5 Å². The molecule has 0 bridgehead atoms. The molecule has 0 saturated heterocycles. The third kappa shape index (κ3) is 5.01. The largest absolute Gasteiger partial charge is 0.484 e. The zero-order valence-electron chi connectivity index (χ0n) is 12.0. The molecule has 2 rings (SSSR count). The van der Waals surface area contributed by atoms with Crippen LogP contribution in [0.5, 0.6) is 5.75 Å². The Morgan fingerprint density at radius 2 is 2.18 bits per heavy atom. The average molecular weight is 303 g/mol. The number of carbonyl (C=O) groups is 1. The molecular formula is C15H17N3O4. The van der Waals surface area contributed by atoms with Gasteiger partial charge in [-0.1, -0.05) is 12.2 Å². The van der Waals surface area contributed by atoms with Gasteiger partial charge in [0.05, 0.1) is 4.92 Å². The Kier molecular flexibility index (Phi) is 5.65. The molecule has 0 heterocycles. The molecule has 7 heteroatoms.